The van der Waals surface area contributed by atoms with E-state index in [1.807, 2.05) is 36.4 Å². The number of rotatable bonds is 3. The van der Waals surface area contributed by atoms with Crippen LogP contribution in [-0.2, 0) is 0 Å². The Morgan fingerprint density at radius 2 is 1.95 bits per heavy atom. The number of nitrogens with zero attached hydrogens (tertiary/aromatic N) is 1. The number of thiocarbonyl (C=S) groups is 1. The Morgan fingerprint density at radius 1 is 1.14 bits per heavy atom. The van der Waals surface area contributed by atoms with Crippen LogP contribution >= 0.6 is 12.2 Å². The number of pyridine rings is 1. The maximum atomic E-state index is 5.84. The zero-order valence-electron chi connectivity index (χ0n) is 11.6. The first kappa shape index (κ1) is 13.5. The third kappa shape index (κ3) is 2.71. The molecule has 0 aliphatic heterocycles. The Hall–Kier alpha value is -2.46. The summed E-state index contributed by atoms with van der Waals surface area (Å²) in [5.41, 5.74) is 10.6. The van der Waals surface area contributed by atoms with Crippen LogP contribution in [0.1, 0.15) is 11.1 Å². The Bertz CT molecular complexity index is 827. The molecule has 0 bridgehead atoms. The molecule has 1 heterocycles. The second-order valence-electron chi connectivity index (χ2n) is 4.92. The molecular formula is C17H15N3S. The van der Waals surface area contributed by atoms with Gasteiger partial charge in [0.25, 0.3) is 0 Å². The van der Waals surface area contributed by atoms with Crippen molar-refractivity contribution in [3.63, 3.8) is 0 Å². The van der Waals surface area contributed by atoms with Gasteiger partial charge in [-0.05, 0) is 30.7 Å². The zero-order valence-corrected chi connectivity index (χ0v) is 12.4. The molecule has 0 amide bonds. The lowest BCUT2D eigenvalue weighted by atomic mass is 10.1. The second-order valence-corrected chi connectivity index (χ2v) is 5.36. The van der Waals surface area contributed by atoms with E-state index in [1.54, 1.807) is 6.20 Å². The van der Waals surface area contributed by atoms with Crippen molar-refractivity contribution >= 4 is 39.5 Å². The van der Waals surface area contributed by atoms with E-state index in [4.69, 9.17) is 18.0 Å². The first-order chi connectivity index (χ1) is 10.1. The number of aryl methyl sites for hydroxylation is 1. The van der Waals surface area contributed by atoms with Gasteiger partial charge in [0.05, 0.1) is 16.8 Å². The summed E-state index contributed by atoms with van der Waals surface area (Å²) < 4.78 is 0. The van der Waals surface area contributed by atoms with Crippen LogP contribution in [-0.4, -0.2) is 9.97 Å². The number of anilines is 2. The van der Waals surface area contributed by atoms with Gasteiger partial charge >= 0.3 is 0 Å². The first-order valence-corrected chi connectivity index (χ1v) is 7.07. The molecule has 21 heavy (non-hydrogen) atoms. The van der Waals surface area contributed by atoms with E-state index in [0.29, 0.717) is 4.99 Å². The molecule has 0 aliphatic rings. The number of benzene rings is 2. The average Bonchev–Trinajstić information content (AvgIpc) is 2.47. The topological polar surface area (TPSA) is 50.9 Å². The van der Waals surface area contributed by atoms with Gasteiger partial charge in [0, 0.05) is 17.3 Å². The predicted molar refractivity (Wildman–Crippen MR) is 92.1 cm³/mol. The van der Waals surface area contributed by atoms with E-state index >= 15 is 0 Å². The summed E-state index contributed by atoms with van der Waals surface area (Å²) in [5, 5.41) is 4.43. The van der Waals surface area contributed by atoms with Crippen LogP contribution in [0, 0.1) is 6.92 Å². The number of nitrogens with two attached hydrogens (primary N) is 1. The number of hydrogen-bond donors (Lipinski definition) is 2. The smallest absolute Gasteiger partial charge is 0.107 e. The summed E-state index contributed by atoms with van der Waals surface area (Å²) in [5.74, 6) is 0. The summed E-state index contributed by atoms with van der Waals surface area (Å²) in [6.07, 6.45) is 1.72. The Labute approximate surface area is 128 Å². The number of para-hydroxylation sites is 1. The van der Waals surface area contributed by atoms with Gasteiger partial charge in [-0.25, -0.2) is 0 Å². The Balaban J connectivity index is 2.18. The maximum Gasteiger partial charge on any atom is 0.107 e. The molecule has 1 aromatic heterocycles. The molecule has 104 valence electrons. The molecule has 0 spiro atoms. The van der Waals surface area contributed by atoms with Crippen molar-refractivity contribution in [1.29, 1.82) is 0 Å². The van der Waals surface area contributed by atoms with E-state index in [9.17, 15) is 0 Å². The highest BCUT2D eigenvalue weighted by atomic mass is 32.1. The van der Waals surface area contributed by atoms with Crippen LogP contribution in [0.2, 0.25) is 0 Å². The van der Waals surface area contributed by atoms with Crippen LogP contribution in [0.15, 0.2) is 54.7 Å². The summed E-state index contributed by atoms with van der Waals surface area (Å²) >= 11 is 5.15. The molecule has 0 saturated heterocycles. The van der Waals surface area contributed by atoms with Gasteiger partial charge in [0.1, 0.15) is 4.99 Å². The largest absolute Gasteiger partial charge is 0.389 e. The fraction of sp³-hybridized carbons (Fsp3) is 0.0588. The van der Waals surface area contributed by atoms with E-state index in [-0.39, 0.29) is 0 Å². The molecule has 0 fully saturated rings. The van der Waals surface area contributed by atoms with Gasteiger partial charge in [0.2, 0.25) is 0 Å². The fourth-order valence-electron chi connectivity index (χ4n) is 2.33. The van der Waals surface area contributed by atoms with E-state index < -0.39 is 0 Å². The molecule has 2 aromatic carbocycles. The lowest BCUT2D eigenvalue weighted by Gasteiger charge is -2.14. The molecule has 0 radical (unpaired) electrons. The Kier molecular flexibility index (Phi) is 3.54. The van der Waals surface area contributed by atoms with E-state index in [1.165, 1.54) is 5.56 Å². The molecule has 0 saturated carbocycles. The zero-order chi connectivity index (χ0) is 14.8. The molecular weight excluding hydrogens is 278 g/mol. The van der Waals surface area contributed by atoms with Gasteiger partial charge in [0.15, 0.2) is 0 Å². The van der Waals surface area contributed by atoms with Gasteiger partial charge in [-0.3, -0.25) is 4.98 Å². The van der Waals surface area contributed by atoms with Crippen molar-refractivity contribution in [2.45, 2.75) is 6.92 Å². The number of aromatic nitrogens is 1. The monoisotopic (exact) mass is 293 g/mol. The van der Waals surface area contributed by atoms with E-state index in [0.717, 1.165) is 27.8 Å². The van der Waals surface area contributed by atoms with Gasteiger partial charge in [-0.15, -0.1) is 0 Å². The minimum atomic E-state index is 0.336. The highest BCUT2D eigenvalue weighted by Gasteiger charge is 2.11. The fourth-order valence-corrected chi connectivity index (χ4v) is 2.48. The normalized spacial score (nSPS) is 10.5. The van der Waals surface area contributed by atoms with Crippen LogP contribution in [0.25, 0.3) is 10.9 Å². The van der Waals surface area contributed by atoms with Gasteiger partial charge in [-0.2, -0.15) is 0 Å². The first-order valence-electron chi connectivity index (χ1n) is 6.66. The molecule has 0 atom stereocenters. The van der Waals surface area contributed by atoms with Crippen molar-refractivity contribution in [3.05, 3.63) is 65.9 Å². The van der Waals surface area contributed by atoms with Gasteiger partial charge in [-0.1, -0.05) is 42.5 Å². The summed E-state index contributed by atoms with van der Waals surface area (Å²) in [7, 11) is 0. The Morgan fingerprint density at radius 3 is 2.71 bits per heavy atom. The quantitative estimate of drug-likeness (QED) is 0.719. The van der Waals surface area contributed by atoms with Crippen LogP contribution in [0.5, 0.6) is 0 Å². The number of hydrogen-bond acceptors (Lipinski definition) is 3. The van der Waals surface area contributed by atoms with Crippen LogP contribution in [0.4, 0.5) is 11.4 Å². The van der Waals surface area contributed by atoms with Crippen LogP contribution in [0.3, 0.4) is 0 Å². The lowest BCUT2D eigenvalue weighted by Crippen LogP contribution is -2.13. The number of nitrogens with one attached hydrogen (secondary N) is 1. The average molecular weight is 293 g/mol. The third-order valence-electron chi connectivity index (χ3n) is 3.33. The standard InChI is InChI=1S/C17H15N3S/c1-11-5-4-6-12(9-11)20-16-13-7-2-3-8-15(13)19-10-14(16)17(18)21/h2-10H,1H3,(H2,18,21)(H,19,20). The molecule has 3 nitrogen and oxygen atoms in total. The van der Waals surface area contributed by atoms with Crippen molar-refractivity contribution < 1.29 is 0 Å². The van der Waals surface area contributed by atoms with Crippen molar-refractivity contribution in [1.82, 2.24) is 4.98 Å². The number of fused-ring (bicyclic) bond motifs is 1. The van der Waals surface area contributed by atoms with Crippen molar-refractivity contribution in [2.75, 3.05) is 5.32 Å². The molecule has 0 aliphatic carbocycles. The van der Waals surface area contributed by atoms with Crippen LogP contribution < -0.4 is 11.1 Å². The predicted octanol–water partition coefficient (Wildman–Crippen LogP) is 3.92. The van der Waals surface area contributed by atoms with Gasteiger partial charge < -0.3 is 11.1 Å². The molecule has 0 unspecified atom stereocenters. The SMILES string of the molecule is Cc1cccc(Nc2c(C(N)=S)cnc3ccccc23)c1. The summed E-state index contributed by atoms with van der Waals surface area (Å²) in [6.45, 7) is 2.06. The molecule has 3 rings (SSSR count). The molecule has 4 heteroatoms. The molecule has 3 N–H and O–H groups in total. The minimum Gasteiger partial charge on any atom is -0.389 e. The van der Waals surface area contributed by atoms with E-state index in [2.05, 4.69) is 29.4 Å². The maximum absolute atomic E-state index is 5.84. The second kappa shape index (κ2) is 5.50. The highest BCUT2D eigenvalue weighted by molar-refractivity contribution is 7.80. The lowest BCUT2D eigenvalue weighted by molar-refractivity contribution is 1.38. The third-order valence-corrected chi connectivity index (χ3v) is 3.55. The summed E-state index contributed by atoms with van der Waals surface area (Å²) in [4.78, 5) is 4.75. The highest BCUT2D eigenvalue weighted by Crippen LogP contribution is 2.29. The van der Waals surface area contributed by atoms with Crippen molar-refractivity contribution in [2.24, 2.45) is 5.73 Å². The molecule has 3 aromatic rings. The van der Waals surface area contributed by atoms with Crippen molar-refractivity contribution in [3.8, 4) is 0 Å². The minimum absolute atomic E-state index is 0.336. The summed E-state index contributed by atoms with van der Waals surface area (Å²) in [6, 6.07) is 16.1.